The highest BCUT2D eigenvalue weighted by Crippen LogP contribution is 2.34. The number of carbonyl (C=O) groups excluding carboxylic acids is 2. The summed E-state index contributed by atoms with van der Waals surface area (Å²) < 4.78 is 44.1. The van der Waals surface area contributed by atoms with E-state index in [0.29, 0.717) is 18.0 Å². The minimum atomic E-state index is -4.49. The number of nitrogens with one attached hydrogen (secondary N) is 1. The Morgan fingerprint density at radius 3 is 2.68 bits per heavy atom. The summed E-state index contributed by atoms with van der Waals surface area (Å²) in [5, 5.41) is 2.24. The lowest BCUT2D eigenvalue weighted by molar-refractivity contribution is -0.137. The Hall–Kier alpha value is -3.01. The van der Waals surface area contributed by atoms with E-state index in [1.165, 1.54) is 24.1 Å². The lowest BCUT2D eigenvalue weighted by atomic mass is 10.2. The van der Waals surface area contributed by atoms with Gasteiger partial charge in [0, 0.05) is 25.2 Å². The number of alkyl halides is 3. The fraction of sp³-hybridized carbons (Fsp3) is 0.286. The average molecular weight is 451 g/mol. The number of ether oxygens (including phenoxy) is 1. The molecular weight excluding hydrogens is 431 g/mol. The monoisotopic (exact) mass is 451 g/mol. The molecule has 10 heteroatoms. The largest absolute Gasteiger partial charge is 0.494 e. The van der Waals surface area contributed by atoms with Gasteiger partial charge in [0.2, 0.25) is 11.8 Å². The number of anilines is 1. The molecule has 1 atom stereocenters. The maximum absolute atomic E-state index is 12.9. The molecule has 0 bridgehead atoms. The zero-order chi connectivity index (χ0) is 22.6. The lowest BCUT2D eigenvalue weighted by Gasteiger charge is -2.10. The Bertz CT molecular complexity index is 1010. The molecule has 1 aliphatic heterocycles. The summed E-state index contributed by atoms with van der Waals surface area (Å²) >= 11 is 1.04. The van der Waals surface area contributed by atoms with Gasteiger partial charge < -0.3 is 10.1 Å². The third-order valence-electron chi connectivity index (χ3n) is 4.34. The molecule has 1 N–H and O–H groups in total. The van der Waals surface area contributed by atoms with Gasteiger partial charge in [-0.05, 0) is 37.3 Å². The number of benzene rings is 2. The molecule has 31 heavy (non-hydrogen) atoms. The first kappa shape index (κ1) is 22.7. The predicted octanol–water partition coefficient (Wildman–Crippen LogP) is 4.69. The number of carbonyl (C=O) groups is 2. The van der Waals surface area contributed by atoms with Crippen LogP contribution in [0.4, 0.5) is 24.5 Å². The van der Waals surface area contributed by atoms with Crippen LogP contribution >= 0.6 is 11.8 Å². The summed E-state index contributed by atoms with van der Waals surface area (Å²) in [5.41, 5.74) is -0.205. The Balaban J connectivity index is 1.68. The fourth-order valence-electron chi connectivity index (χ4n) is 2.87. The molecular formula is C21H20F3N3O3S. The molecule has 1 saturated heterocycles. The van der Waals surface area contributed by atoms with Crippen LogP contribution in [0.3, 0.4) is 0 Å². The van der Waals surface area contributed by atoms with Crippen LogP contribution in [0.1, 0.15) is 18.9 Å². The summed E-state index contributed by atoms with van der Waals surface area (Å²) in [6, 6.07) is 11.4. The smallest absolute Gasteiger partial charge is 0.416 e. The van der Waals surface area contributed by atoms with Crippen molar-refractivity contribution < 1.29 is 27.5 Å². The molecule has 2 amide bonds. The lowest BCUT2D eigenvalue weighted by Crippen LogP contribution is -2.30. The second-order valence-corrected chi connectivity index (χ2v) is 7.83. The van der Waals surface area contributed by atoms with Crippen LogP contribution in [-0.2, 0) is 15.8 Å². The van der Waals surface area contributed by atoms with Crippen LogP contribution in [0, 0.1) is 0 Å². The highest BCUT2D eigenvalue weighted by atomic mass is 32.2. The van der Waals surface area contributed by atoms with Gasteiger partial charge in [0.25, 0.3) is 0 Å². The van der Waals surface area contributed by atoms with Crippen molar-refractivity contribution in [1.82, 2.24) is 4.90 Å². The first-order valence-corrected chi connectivity index (χ1v) is 10.3. The number of hydrogen-bond donors (Lipinski definition) is 1. The number of thioether (sulfide) groups is 1. The van der Waals surface area contributed by atoms with Crippen LogP contribution in [0.25, 0.3) is 0 Å². The van der Waals surface area contributed by atoms with E-state index in [1.54, 1.807) is 24.3 Å². The van der Waals surface area contributed by atoms with Gasteiger partial charge in [0.05, 0.1) is 17.9 Å². The van der Waals surface area contributed by atoms with E-state index in [4.69, 9.17) is 4.74 Å². The number of hydrogen-bond acceptors (Lipinski definition) is 5. The molecule has 0 aliphatic carbocycles. The van der Waals surface area contributed by atoms with E-state index in [9.17, 15) is 22.8 Å². The maximum atomic E-state index is 12.9. The molecule has 164 valence electrons. The normalized spacial score (nSPS) is 17.8. The minimum Gasteiger partial charge on any atom is -0.494 e. The Kier molecular flexibility index (Phi) is 6.89. The van der Waals surface area contributed by atoms with Crippen LogP contribution in [0.2, 0.25) is 0 Å². The van der Waals surface area contributed by atoms with Crippen molar-refractivity contribution in [3.05, 3.63) is 54.1 Å². The summed E-state index contributed by atoms with van der Waals surface area (Å²) in [6.45, 7) is 2.34. The van der Waals surface area contributed by atoms with Crippen LogP contribution in [-0.4, -0.2) is 40.8 Å². The highest BCUT2D eigenvalue weighted by Gasteiger charge is 2.37. The third kappa shape index (κ3) is 5.78. The van der Waals surface area contributed by atoms with Gasteiger partial charge in [-0.2, -0.15) is 13.2 Å². The van der Waals surface area contributed by atoms with Crippen molar-refractivity contribution in [2.24, 2.45) is 4.99 Å². The summed E-state index contributed by atoms with van der Waals surface area (Å²) in [7, 11) is 1.48. The predicted molar refractivity (Wildman–Crippen MR) is 114 cm³/mol. The molecule has 2 aromatic rings. The number of rotatable bonds is 6. The summed E-state index contributed by atoms with van der Waals surface area (Å²) in [5.74, 6) is -0.0935. The van der Waals surface area contributed by atoms with Gasteiger partial charge in [-0.15, -0.1) is 0 Å². The van der Waals surface area contributed by atoms with Crippen LogP contribution < -0.4 is 10.1 Å². The molecule has 3 rings (SSSR count). The number of aliphatic imine (C=N–C) groups is 1. The van der Waals surface area contributed by atoms with Gasteiger partial charge in [-0.3, -0.25) is 14.5 Å². The number of amides is 2. The molecule has 6 nitrogen and oxygen atoms in total. The zero-order valence-corrected chi connectivity index (χ0v) is 17.6. The molecule has 1 aliphatic rings. The summed E-state index contributed by atoms with van der Waals surface area (Å²) in [6.07, 6.45) is -4.59. The fourth-order valence-corrected chi connectivity index (χ4v) is 4.02. The number of nitrogens with zero attached hydrogens (tertiary/aromatic N) is 2. The van der Waals surface area contributed by atoms with Gasteiger partial charge in [0.1, 0.15) is 11.0 Å². The first-order valence-electron chi connectivity index (χ1n) is 9.40. The van der Waals surface area contributed by atoms with E-state index in [-0.39, 0.29) is 29.1 Å². The van der Waals surface area contributed by atoms with Gasteiger partial charge in [0.15, 0.2) is 5.17 Å². The third-order valence-corrected chi connectivity index (χ3v) is 5.57. The molecule has 0 unspecified atom stereocenters. The van der Waals surface area contributed by atoms with Gasteiger partial charge in [-0.1, -0.05) is 23.9 Å². The van der Waals surface area contributed by atoms with Crippen molar-refractivity contribution in [2.75, 3.05) is 19.0 Å². The molecule has 0 saturated carbocycles. The SMILES string of the molecule is CCOc1cccc(NC(=O)C[C@H]2SC(=Nc3cccc(C(F)(F)F)c3)N(C)C2=O)c1. The Labute approximate surface area is 181 Å². The molecule has 1 heterocycles. The standard InChI is InChI=1S/C21H20F3N3O3S/c1-3-30-16-9-5-8-15(11-16)25-18(28)12-17-19(29)27(2)20(31-17)26-14-7-4-6-13(10-14)21(22,23)24/h4-11,17H,3,12H2,1-2H3,(H,25,28)/t17-/m1/s1. The van der Waals surface area contributed by atoms with Crippen molar-refractivity contribution >= 4 is 40.1 Å². The van der Waals surface area contributed by atoms with E-state index in [0.717, 1.165) is 23.9 Å². The molecule has 2 aromatic carbocycles. The van der Waals surface area contributed by atoms with Crippen LogP contribution in [0.15, 0.2) is 53.5 Å². The van der Waals surface area contributed by atoms with Gasteiger partial charge in [-0.25, -0.2) is 4.99 Å². The second-order valence-electron chi connectivity index (χ2n) is 6.66. The second kappa shape index (κ2) is 9.42. The quantitative estimate of drug-likeness (QED) is 0.692. The van der Waals surface area contributed by atoms with E-state index < -0.39 is 17.0 Å². The zero-order valence-electron chi connectivity index (χ0n) is 16.8. The molecule has 0 radical (unpaired) electrons. The van der Waals surface area contributed by atoms with Crippen molar-refractivity contribution in [3.8, 4) is 5.75 Å². The van der Waals surface area contributed by atoms with E-state index >= 15 is 0 Å². The molecule has 0 spiro atoms. The maximum Gasteiger partial charge on any atom is 0.416 e. The number of halogens is 3. The van der Waals surface area contributed by atoms with E-state index in [1.807, 2.05) is 6.92 Å². The summed E-state index contributed by atoms with van der Waals surface area (Å²) in [4.78, 5) is 30.3. The van der Waals surface area contributed by atoms with Crippen LogP contribution in [0.5, 0.6) is 5.75 Å². The average Bonchev–Trinajstić information content (AvgIpc) is 2.96. The van der Waals surface area contributed by atoms with Crippen molar-refractivity contribution in [1.29, 1.82) is 0 Å². The number of amidine groups is 1. The van der Waals surface area contributed by atoms with Crippen molar-refractivity contribution in [2.45, 2.75) is 24.8 Å². The first-order chi connectivity index (χ1) is 14.7. The highest BCUT2D eigenvalue weighted by molar-refractivity contribution is 8.15. The topological polar surface area (TPSA) is 71.0 Å². The minimum absolute atomic E-state index is 0.0785. The Morgan fingerprint density at radius 2 is 1.97 bits per heavy atom. The molecule has 1 fully saturated rings. The molecule has 0 aromatic heterocycles. The van der Waals surface area contributed by atoms with Gasteiger partial charge >= 0.3 is 6.18 Å². The van der Waals surface area contributed by atoms with E-state index in [2.05, 4.69) is 10.3 Å². The van der Waals surface area contributed by atoms with Crippen molar-refractivity contribution in [3.63, 3.8) is 0 Å². The Morgan fingerprint density at radius 1 is 1.23 bits per heavy atom.